The van der Waals surface area contributed by atoms with Crippen molar-refractivity contribution in [3.63, 3.8) is 0 Å². The average molecular weight is 170 g/mol. The molecule has 0 spiro atoms. The van der Waals surface area contributed by atoms with E-state index < -0.39 is 0 Å². The Morgan fingerprint density at radius 2 is 1.17 bits per heavy atom. The van der Waals surface area contributed by atoms with Crippen LogP contribution in [0.2, 0.25) is 0 Å². The standard InChI is InChI=1S/C8H14N2O2/c11-7-9-5-3-1-2-4-6-10-8-12/h1-6H2,(H,9,11)(H,10,12). The van der Waals surface area contributed by atoms with Crippen molar-refractivity contribution >= 4 is 12.8 Å². The van der Waals surface area contributed by atoms with Crippen molar-refractivity contribution in [2.24, 2.45) is 0 Å². The normalized spacial score (nSPS) is 9.00. The highest BCUT2D eigenvalue weighted by Crippen LogP contribution is 1.96. The minimum atomic E-state index is 0.691. The molecule has 0 aromatic carbocycles. The molecule has 4 heteroatoms. The van der Waals surface area contributed by atoms with Gasteiger partial charge < -0.3 is 10.6 Å². The Bertz CT molecular complexity index is 104. The molecule has 2 radical (unpaired) electrons. The van der Waals surface area contributed by atoms with Crippen LogP contribution < -0.4 is 10.6 Å². The van der Waals surface area contributed by atoms with Crippen molar-refractivity contribution < 1.29 is 9.59 Å². The fourth-order valence-corrected chi connectivity index (χ4v) is 0.882. The highest BCUT2D eigenvalue weighted by molar-refractivity contribution is 5.47. The molecular formula is C8H14N2O2. The maximum Gasteiger partial charge on any atom is 0.309 e. The lowest BCUT2D eigenvalue weighted by molar-refractivity contribution is 0.530. The Balaban J connectivity index is 2.81. The number of hydrogen-bond acceptors (Lipinski definition) is 2. The number of hydrogen-bond donors (Lipinski definition) is 2. The van der Waals surface area contributed by atoms with E-state index in [4.69, 9.17) is 0 Å². The summed E-state index contributed by atoms with van der Waals surface area (Å²) in [6.07, 6.45) is 7.30. The molecule has 0 saturated carbocycles. The van der Waals surface area contributed by atoms with E-state index in [0.717, 1.165) is 25.7 Å². The van der Waals surface area contributed by atoms with Gasteiger partial charge in [-0.25, -0.2) is 0 Å². The highest BCUT2D eigenvalue weighted by Gasteiger charge is 1.89. The Labute approximate surface area is 72.7 Å². The summed E-state index contributed by atoms with van der Waals surface area (Å²) in [5.74, 6) is 0. The lowest BCUT2D eigenvalue weighted by Gasteiger charge is -1.99. The first kappa shape index (κ1) is 10.9. The van der Waals surface area contributed by atoms with Gasteiger partial charge in [-0.15, -0.1) is 0 Å². The van der Waals surface area contributed by atoms with E-state index in [2.05, 4.69) is 10.6 Å². The maximum absolute atomic E-state index is 9.69. The van der Waals surface area contributed by atoms with E-state index in [9.17, 15) is 9.59 Å². The van der Waals surface area contributed by atoms with E-state index in [1.54, 1.807) is 12.8 Å². The van der Waals surface area contributed by atoms with Crippen molar-refractivity contribution in [2.75, 3.05) is 13.1 Å². The molecular weight excluding hydrogens is 156 g/mol. The van der Waals surface area contributed by atoms with Crippen LogP contribution in [0.3, 0.4) is 0 Å². The predicted octanol–water partition coefficient (Wildman–Crippen LogP) is -0.140. The lowest BCUT2D eigenvalue weighted by Crippen LogP contribution is -2.13. The van der Waals surface area contributed by atoms with Gasteiger partial charge in [0.15, 0.2) is 0 Å². The van der Waals surface area contributed by atoms with Gasteiger partial charge in [0.1, 0.15) is 0 Å². The van der Waals surface area contributed by atoms with Crippen molar-refractivity contribution in [1.29, 1.82) is 0 Å². The fourth-order valence-electron chi connectivity index (χ4n) is 0.882. The van der Waals surface area contributed by atoms with Crippen LogP contribution in [0.25, 0.3) is 0 Å². The summed E-state index contributed by atoms with van der Waals surface area (Å²) in [5, 5.41) is 4.93. The van der Waals surface area contributed by atoms with E-state index >= 15 is 0 Å². The van der Waals surface area contributed by atoms with Crippen molar-refractivity contribution in [1.82, 2.24) is 10.6 Å². The molecule has 0 atom stereocenters. The summed E-state index contributed by atoms with van der Waals surface area (Å²) in [6.45, 7) is 1.38. The van der Waals surface area contributed by atoms with Gasteiger partial charge in [-0.2, -0.15) is 0 Å². The smallest absolute Gasteiger partial charge is 0.309 e. The van der Waals surface area contributed by atoms with Crippen LogP contribution in [0, 0.1) is 0 Å². The zero-order chi connectivity index (χ0) is 9.07. The number of unbranched alkanes of at least 4 members (excludes halogenated alkanes) is 3. The van der Waals surface area contributed by atoms with Crippen molar-refractivity contribution in [3.8, 4) is 0 Å². The first-order valence-corrected chi connectivity index (χ1v) is 4.12. The number of amides is 2. The van der Waals surface area contributed by atoms with Gasteiger partial charge in [-0.1, -0.05) is 12.8 Å². The molecule has 0 fully saturated rings. The molecule has 0 bridgehead atoms. The average Bonchev–Trinajstić information content (AvgIpc) is 2.10. The molecule has 4 nitrogen and oxygen atoms in total. The summed E-state index contributed by atoms with van der Waals surface area (Å²) in [6, 6.07) is 0. The van der Waals surface area contributed by atoms with Crippen LogP contribution in [0.15, 0.2) is 0 Å². The van der Waals surface area contributed by atoms with Gasteiger partial charge in [0.05, 0.1) is 0 Å². The molecule has 68 valence electrons. The second-order valence-electron chi connectivity index (χ2n) is 2.47. The largest absolute Gasteiger partial charge is 0.348 e. The molecule has 0 aromatic rings. The van der Waals surface area contributed by atoms with Crippen LogP contribution in [0.4, 0.5) is 0 Å². The van der Waals surface area contributed by atoms with E-state index in [1.165, 1.54) is 0 Å². The molecule has 0 unspecified atom stereocenters. The van der Waals surface area contributed by atoms with Gasteiger partial charge in [-0.3, -0.25) is 9.59 Å². The SMILES string of the molecule is O=[C]NCCCCCCN[C]=O. The lowest BCUT2D eigenvalue weighted by atomic mass is 10.2. The molecule has 0 rings (SSSR count). The first-order valence-electron chi connectivity index (χ1n) is 4.12. The zero-order valence-electron chi connectivity index (χ0n) is 7.06. The fraction of sp³-hybridized carbons (Fsp3) is 0.750. The first-order chi connectivity index (χ1) is 5.91. The third kappa shape index (κ3) is 8.94. The second-order valence-corrected chi connectivity index (χ2v) is 2.47. The molecule has 0 heterocycles. The molecule has 12 heavy (non-hydrogen) atoms. The number of carbonyl (C=O) groups excluding carboxylic acids is 2. The molecule has 2 amide bonds. The van der Waals surface area contributed by atoms with Crippen molar-refractivity contribution in [3.05, 3.63) is 0 Å². The Morgan fingerprint density at radius 3 is 1.50 bits per heavy atom. The number of rotatable bonds is 9. The summed E-state index contributed by atoms with van der Waals surface area (Å²) in [5.41, 5.74) is 0. The minimum Gasteiger partial charge on any atom is -0.348 e. The maximum atomic E-state index is 9.69. The molecule has 0 saturated heterocycles. The van der Waals surface area contributed by atoms with Gasteiger partial charge >= 0.3 is 12.8 Å². The second kappa shape index (κ2) is 9.94. The Hall–Kier alpha value is -1.06. The van der Waals surface area contributed by atoms with Gasteiger partial charge in [0, 0.05) is 13.1 Å². The third-order valence-corrected chi connectivity index (χ3v) is 1.50. The third-order valence-electron chi connectivity index (χ3n) is 1.50. The van der Waals surface area contributed by atoms with Crippen LogP contribution in [0.5, 0.6) is 0 Å². The molecule has 2 N–H and O–H groups in total. The Kier molecular flexibility index (Phi) is 9.06. The highest BCUT2D eigenvalue weighted by atomic mass is 16.1. The predicted molar refractivity (Wildman–Crippen MR) is 45.9 cm³/mol. The zero-order valence-corrected chi connectivity index (χ0v) is 7.06. The molecule has 0 aliphatic carbocycles. The van der Waals surface area contributed by atoms with E-state index in [1.807, 2.05) is 0 Å². The molecule has 0 aliphatic rings. The minimum absolute atomic E-state index is 0.691. The van der Waals surface area contributed by atoms with Gasteiger partial charge in [0.25, 0.3) is 0 Å². The topological polar surface area (TPSA) is 58.2 Å². The van der Waals surface area contributed by atoms with Crippen molar-refractivity contribution in [2.45, 2.75) is 25.7 Å². The Morgan fingerprint density at radius 1 is 0.750 bits per heavy atom. The van der Waals surface area contributed by atoms with Gasteiger partial charge in [-0.05, 0) is 12.8 Å². The quantitative estimate of drug-likeness (QED) is 0.374. The summed E-state index contributed by atoms with van der Waals surface area (Å²) >= 11 is 0. The van der Waals surface area contributed by atoms with Crippen LogP contribution in [-0.2, 0) is 9.59 Å². The van der Waals surface area contributed by atoms with Crippen LogP contribution >= 0.6 is 0 Å². The van der Waals surface area contributed by atoms with Gasteiger partial charge in [0.2, 0.25) is 0 Å². The van der Waals surface area contributed by atoms with Crippen LogP contribution in [0.1, 0.15) is 25.7 Å². The van der Waals surface area contributed by atoms with E-state index in [0.29, 0.717) is 13.1 Å². The molecule has 0 aliphatic heterocycles. The monoisotopic (exact) mass is 170 g/mol. The summed E-state index contributed by atoms with van der Waals surface area (Å²) in [7, 11) is 0. The van der Waals surface area contributed by atoms with Crippen LogP contribution in [-0.4, -0.2) is 25.9 Å². The van der Waals surface area contributed by atoms with E-state index in [-0.39, 0.29) is 0 Å². The summed E-state index contributed by atoms with van der Waals surface area (Å²) in [4.78, 5) is 19.4. The molecule has 0 aromatic heterocycles. The summed E-state index contributed by atoms with van der Waals surface area (Å²) < 4.78 is 0. The number of nitrogens with one attached hydrogen (secondary N) is 2.